The van der Waals surface area contributed by atoms with Gasteiger partial charge >= 0.3 is 0 Å². The van der Waals surface area contributed by atoms with Crippen molar-refractivity contribution in [2.45, 2.75) is 19.9 Å². The van der Waals surface area contributed by atoms with Crippen LogP contribution in [-0.2, 0) is 13.0 Å². The smallest absolute Gasteiger partial charge is 0.216 e. The van der Waals surface area contributed by atoms with Gasteiger partial charge in [0.2, 0.25) is 5.82 Å². The van der Waals surface area contributed by atoms with Gasteiger partial charge in [-0.05, 0) is 19.1 Å². The Morgan fingerprint density at radius 3 is 2.96 bits per heavy atom. The van der Waals surface area contributed by atoms with Gasteiger partial charge in [-0.25, -0.2) is 9.97 Å². The molecule has 0 saturated heterocycles. The molecule has 3 N–H and O–H groups in total. The zero-order valence-electron chi connectivity index (χ0n) is 13.9. The molecule has 0 bridgehead atoms. The predicted octanol–water partition coefficient (Wildman–Crippen LogP) is 2.36. The van der Waals surface area contributed by atoms with Crippen LogP contribution in [0, 0.1) is 6.92 Å². The van der Waals surface area contributed by atoms with Gasteiger partial charge in [0.1, 0.15) is 10.8 Å². The normalized spacial score (nSPS) is 11.2. The second kappa shape index (κ2) is 9.51. The average Bonchev–Trinajstić information content (AvgIpc) is 3.32. The largest absolute Gasteiger partial charge is 0.461 e. The second-order valence-corrected chi connectivity index (χ2v) is 6.37. The van der Waals surface area contributed by atoms with E-state index in [0.717, 1.165) is 16.8 Å². The standard InChI is InChI=1S/C15H19N7OS.HI/c1-10-8-18-13(24-10)9-19-15(16-2)17-6-5-12-20-14(22-21-12)11-4-3-7-23-11;/h3-4,7-8H,5-6,9H2,1-2H3,(H2,16,17,19)(H,20,21,22);1H. The molecular formula is C15H20IN7OS. The quantitative estimate of drug-likeness (QED) is 0.289. The number of aromatic amines is 1. The molecule has 0 aliphatic carbocycles. The van der Waals surface area contributed by atoms with Crippen LogP contribution in [0.4, 0.5) is 0 Å². The topological polar surface area (TPSA) is 104 Å². The summed E-state index contributed by atoms with van der Waals surface area (Å²) < 4.78 is 5.27. The van der Waals surface area contributed by atoms with Crippen LogP contribution in [0.1, 0.15) is 15.7 Å². The lowest BCUT2D eigenvalue weighted by molar-refractivity contribution is 0.577. The van der Waals surface area contributed by atoms with E-state index in [2.05, 4.69) is 35.8 Å². The minimum atomic E-state index is 0. The summed E-state index contributed by atoms with van der Waals surface area (Å²) in [5, 5.41) is 14.6. The molecule has 0 aliphatic rings. The fraction of sp³-hybridized carbons (Fsp3) is 0.333. The summed E-state index contributed by atoms with van der Waals surface area (Å²) in [6.07, 6.45) is 4.18. The highest BCUT2D eigenvalue weighted by Crippen LogP contribution is 2.14. The molecule has 0 fully saturated rings. The van der Waals surface area contributed by atoms with E-state index in [1.165, 1.54) is 4.88 Å². The zero-order valence-corrected chi connectivity index (χ0v) is 17.1. The van der Waals surface area contributed by atoms with E-state index in [1.807, 2.05) is 25.3 Å². The minimum absolute atomic E-state index is 0. The summed E-state index contributed by atoms with van der Waals surface area (Å²) >= 11 is 1.67. The van der Waals surface area contributed by atoms with Crippen LogP contribution in [0.5, 0.6) is 0 Å². The van der Waals surface area contributed by atoms with Crippen molar-refractivity contribution in [2.75, 3.05) is 13.6 Å². The molecule has 25 heavy (non-hydrogen) atoms. The summed E-state index contributed by atoms with van der Waals surface area (Å²) in [4.78, 5) is 14.1. The predicted molar refractivity (Wildman–Crippen MR) is 108 cm³/mol. The summed E-state index contributed by atoms with van der Waals surface area (Å²) in [5.41, 5.74) is 0. The maximum absolute atomic E-state index is 5.27. The van der Waals surface area contributed by atoms with Crippen molar-refractivity contribution >= 4 is 41.3 Å². The van der Waals surface area contributed by atoms with Crippen molar-refractivity contribution in [2.24, 2.45) is 4.99 Å². The molecule has 134 valence electrons. The Morgan fingerprint density at radius 1 is 1.40 bits per heavy atom. The molecule has 3 heterocycles. The van der Waals surface area contributed by atoms with Crippen molar-refractivity contribution in [1.82, 2.24) is 30.8 Å². The number of nitrogens with zero attached hydrogens (tertiary/aromatic N) is 4. The van der Waals surface area contributed by atoms with E-state index in [0.29, 0.717) is 31.1 Å². The van der Waals surface area contributed by atoms with Gasteiger partial charge in [-0.1, -0.05) is 0 Å². The molecule has 0 radical (unpaired) electrons. The maximum atomic E-state index is 5.27. The molecule has 10 heteroatoms. The second-order valence-electron chi connectivity index (χ2n) is 5.05. The Labute approximate surface area is 166 Å². The molecular weight excluding hydrogens is 453 g/mol. The number of hydrogen-bond acceptors (Lipinski definition) is 6. The first kappa shape index (κ1) is 19.4. The monoisotopic (exact) mass is 473 g/mol. The number of furan rings is 1. The summed E-state index contributed by atoms with van der Waals surface area (Å²) in [6, 6.07) is 3.64. The molecule has 3 aromatic heterocycles. The fourth-order valence-corrected chi connectivity index (χ4v) is 2.81. The summed E-state index contributed by atoms with van der Waals surface area (Å²) in [6.45, 7) is 3.38. The van der Waals surface area contributed by atoms with E-state index in [4.69, 9.17) is 4.42 Å². The van der Waals surface area contributed by atoms with Crippen LogP contribution >= 0.6 is 35.3 Å². The number of H-pyrrole nitrogens is 1. The highest BCUT2D eigenvalue weighted by molar-refractivity contribution is 14.0. The van der Waals surface area contributed by atoms with Crippen molar-refractivity contribution in [1.29, 1.82) is 0 Å². The number of halogens is 1. The molecule has 0 spiro atoms. The third-order valence-electron chi connectivity index (χ3n) is 3.23. The van der Waals surface area contributed by atoms with Crippen LogP contribution in [0.15, 0.2) is 34.0 Å². The Hall–Kier alpha value is -1.95. The van der Waals surface area contributed by atoms with Crippen LogP contribution < -0.4 is 10.6 Å². The molecule has 3 rings (SSSR count). The van der Waals surface area contributed by atoms with E-state index < -0.39 is 0 Å². The third kappa shape index (κ3) is 5.53. The number of nitrogens with one attached hydrogen (secondary N) is 3. The van der Waals surface area contributed by atoms with Crippen molar-refractivity contribution < 1.29 is 4.42 Å². The van der Waals surface area contributed by atoms with Gasteiger partial charge in [-0.3, -0.25) is 10.1 Å². The number of rotatable bonds is 6. The van der Waals surface area contributed by atoms with Crippen molar-refractivity contribution in [3.05, 3.63) is 40.3 Å². The van der Waals surface area contributed by atoms with Gasteiger partial charge in [-0.15, -0.1) is 35.3 Å². The van der Waals surface area contributed by atoms with Crippen LogP contribution in [-0.4, -0.2) is 39.7 Å². The first-order chi connectivity index (χ1) is 11.7. The lowest BCUT2D eigenvalue weighted by atomic mass is 10.4. The first-order valence-corrected chi connectivity index (χ1v) is 8.37. The van der Waals surface area contributed by atoms with Gasteiger partial charge in [0, 0.05) is 31.1 Å². The number of hydrogen-bond donors (Lipinski definition) is 3. The molecule has 0 saturated carbocycles. The number of aromatic nitrogens is 4. The SMILES string of the molecule is CN=C(NCCc1nc(-c2ccco2)n[nH]1)NCc1ncc(C)s1.I. The lowest BCUT2D eigenvalue weighted by Gasteiger charge is -2.09. The molecule has 0 amide bonds. The highest BCUT2D eigenvalue weighted by atomic mass is 127. The Morgan fingerprint density at radius 2 is 2.28 bits per heavy atom. The van der Waals surface area contributed by atoms with Crippen LogP contribution in [0.2, 0.25) is 0 Å². The third-order valence-corrected chi connectivity index (χ3v) is 4.14. The molecule has 3 aromatic rings. The van der Waals surface area contributed by atoms with Crippen molar-refractivity contribution in [3.8, 4) is 11.6 Å². The molecule has 0 aromatic carbocycles. The van der Waals surface area contributed by atoms with E-state index in [-0.39, 0.29) is 24.0 Å². The molecule has 0 aliphatic heterocycles. The number of guanidine groups is 1. The van der Waals surface area contributed by atoms with Gasteiger partial charge < -0.3 is 15.1 Å². The summed E-state index contributed by atoms with van der Waals surface area (Å²) in [5.74, 6) is 2.74. The molecule has 0 atom stereocenters. The van der Waals surface area contributed by atoms with Gasteiger partial charge in [-0.2, -0.15) is 5.10 Å². The highest BCUT2D eigenvalue weighted by Gasteiger charge is 2.08. The molecule has 8 nitrogen and oxygen atoms in total. The van der Waals surface area contributed by atoms with E-state index >= 15 is 0 Å². The number of aliphatic imine (C=N–C) groups is 1. The maximum Gasteiger partial charge on any atom is 0.216 e. The zero-order chi connectivity index (χ0) is 16.8. The number of thiazole rings is 1. The van der Waals surface area contributed by atoms with Crippen LogP contribution in [0.3, 0.4) is 0 Å². The van der Waals surface area contributed by atoms with Gasteiger partial charge in [0.05, 0.1) is 12.8 Å². The Balaban J connectivity index is 0.00000225. The first-order valence-electron chi connectivity index (χ1n) is 7.55. The minimum Gasteiger partial charge on any atom is -0.461 e. The van der Waals surface area contributed by atoms with E-state index in [9.17, 15) is 0 Å². The van der Waals surface area contributed by atoms with E-state index in [1.54, 1.807) is 24.6 Å². The Bertz CT molecular complexity index is 797. The summed E-state index contributed by atoms with van der Waals surface area (Å²) in [7, 11) is 1.74. The van der Waals surface area contributed by atoms with Crippen LogP contribution in [0.25, 0.3) is 11.6 Å². The number of aryl methyl sites for hydroxylation is 1. The lowest BCUT2D eigenvalue weighted by Crippen LogP contribution is -2.37. The Kier molecular flexibility index (Phi) is 7.37. The van der Waals surface area contributed by atoms with Gasteiger partial charge in [0.25, 0.3) is 0 Å². The fourth-order valence-electron chi connectivity index (χ4n) is 2.09. The van der Waals surface area contributed by atoms with Crippen molar-refractivity contribution in [3.63, 3.8) is 0 Å². The van der Waals surface area contributed by atoms with Gasteiger partial charge in [0.15, 0.2) is 11.7 Å². The molecule has 0 unspecified atom stereocenters. The average molecular weight is 473 g/mol.